The Morgan fingerprint density at radius 3 is 3.21 bits per heavy atom. The van der Waals surface area contributed by atoms with E-state index < -0.39 is 0 Å². The molecule has 0 aliphatic carbocycles. The highest BCUT2D eigenvalue weighted by Gasteiger charge is 2.16. The van der Waals surface area contributed by atoms with Gasteiger partial charge in [0.2, 0.25) is 0 Å². The fourth-order valence-corrected chi connectivity index (χ4v) is 1.71. The van der Waals surface area contributed by atoms with E-state index in [1.165, 1.54) is 18.3 Å². The van der Waals surface area contributed by atoms with Gasteiger partial charge in [-0.25, -0.2) is 9.37 Å². The molecule has 2 heterocycles. The summed E-state index contributed by atoms with van der Waals surface area (Å²) >= 11 is 0. The van der Waals surface area contributed by atoms with E-state index in [1.807, 2.05) is 0 Å². The minimum atomic E-state index is -0.221. The molecule has 0 spiro atoms. The molecule has 0 aromatic carbocycles. The van der Waals surface area contributed by atoms with Crippen LogP contribution in [0.4, 0.5) is 10.2 Å². The number of rotatable bonds is 1. The van der Waals surface area contributed by atoms with E-state index in [0.29, 0.717) is 6.04 Å². The number of nitrogens with zero attached hydrogens (tertiary/aromatic N) is 2. The van der Waals surface area contributed by atoms with E-state index in [0.717, 1.165) is 25.5 Å². The predicted octanol–water partition coefficient (Wildman–Crippen LogP) is 1.02. The number of anilines is 1. The highest BCUT2D eigenvalue weighted by atomic mass is 19.1. The fourth-order valence-electron chi connectivity index (χ4n) is 1.71. The van der Waals surface area contributed by atoms with Crippen LogP contribution in [0.3, 0.4) is 0 Å². The predicted molar refractivity (Wildman–Crippen MR) is 53.9 cm³/mol. The third-order valence-corrected chi connectivity index (χ3v) is 2.40. The molecule has 4 heteroatoms. The average Bonchev–Trinajstić information content (AvgIpc) is 2.18. The van der Waals surface area contributed by atoms with E-state index in [1.54, 1.807) is 0 Å². The van der Waals surface area contributed by atoms with Gasteiger partial charge >= 0.3 is 0 Å². The zero-order valence-corrected chi connectivity index (χ0v) is 8.20. The molecule has 1 aromatic rings. The number of halogens is 1. The summed E-state index contributed by atoms with van der Waals surface area (Å²) in [5, 5.41) is 3.33. The number of hydrogen-bond acceptors (Lipinski definition) is 3. The molecule has 0 unspecified atom stereocenters. The van der Waals surface area contributed by atoms with E-state index >= 15 is 0 Å². The molecule has 76 valence electrons. The second-order valence-electron chi connectivity index (χ2n) is 3.63. The van der Waals surface area contributed by atoms with Gasteiger partial charge in [-0.05, 0) is 13.0 Å². The fraction of sp³-hybridized carbons (Fsp3) is 0.500. The summed E-state index contributed by atoms with van der Waals surface area (Å²) in [5.74, 6) is 0.513. The first-order chi connectivity index (χ1) is 6.75. The zero-order valence-electron chi connectivity index (χ0n) is 8.20. The molecular formula is C10H14FN3. The van der Waals surface area contributed by atoms with E-state index in [2.05, 4.69) is 22.1 Å². The van der Waals surface area contributed by atoms with Crippen molar-refractivity contribution in [3.05, 3.63) is 24.1 Å². The van der Waals surface area contributed by atoms with Crippen molar-refractivity contribution >= 4 is 5.82 Å². The lowest BCUT2D eigenvalue weighted by Crippen LogP contribution is -2.49. The van der Waals surface area contributed by atoms with Crippen molar-refractivity contribution in [2.24, 2.45) is 0 Å². The van der Waals surface area contributed by atoms with Gasteiger partial charge in [-0.15, -0.1) is 0 Å². The minimum absolute atomic E-state index is 0.221. The monoisotopic (exact) mass is 195 g/mol. The van der Waals surface area contributed by atoms with Gasteiger partial charge in [0.15, 0.2) is 0 Å². The average molecular weight is 195 g/mol. The van der Waals surface area contributed by atoms with Crippen molar-refractivity contribution in [3.8, 4) is 0 Å². The summed E-state index contributed by atoms with van der Waals surface area (Å²) in [6, 6.07) is 3.29. The third kappa shape index (κ3) is 2.01. The number of aromatic nitrogens is 1. The number of piperazine rings is 1. The van der Waals surface area contributed by atoms with Crippen molar-refractivity contribution in [2.45, 2.75) is 13.0 Å². The summed E-state index contributed by atoms with van der Waals surface area (Å²) < 4.78 is 12.9. The second-order valence-corrected chi connectivity index (χ2v) is 3.63. The quantitative estimate of drug-likeness (QED) is 0.725. The summed E-state index contributed by atoms with van der Waals surface area (Å²) in [5.41, 5.74) is 0. The molecule has 1 aliphatic heterocycles. The van der Waals surface area contributed by atoms with Crippen LogP contribution in [-0.2, 0) is 0 Å². The Labute approximate surface area is 82.9 Å². The molecule has 14 heavy (non-hydrogen) atoms. The van der Waals surface area contributed by atoms with Gasteiger partial charge in [0, 0.05) is 37.9 Å². The number of pyridine rings is 1. The normalized spacial score (nSPS) is 22.4. The molecular weight excluding hydrogens is 181 g/mol. The first kappa shape index (κ1) is 9.40. The molecule has 1 atom stereocenters. The first-order valence-electron chi connectivity index (χ1n) is 4.85. The van der Waals surface area contributed by atoms with Crippen LogP contribution in [0, 0.1) is 5.82 Å². The molecule has 1 saturated heterocycles. The Hall–Kier alpha value is -1.16. The van der Waals surface area contributed by atoms with Crippen molar-refractivity contribution in [3.63, 3.8) is 0 Å². The van der Waals surface area contributed by atoms with Crippen molar-refractivity contribution in [2.75, 3.05) is 24.5 Å². The largest absolute Gasteiger partial charge is 0.354 e. The topological polar surface area (TPSA) is 28.2 Å². The van der Waals surface area contributed by atoms with Crippen LogP contribution in [0.1, 0.15) is 6.92 Å². The Morgan fingerprint density at radius 2 is 2.50 bits per heavy atom. The Morgan fingerprint density at radius 1 is 1.64 bits per heavy atom. The van der Waals surface area contributed by atoms with E-state index in [9.17, 15) is 4.39 Å². The Bertz CT molecular complexity index is 316. The summed E-state index contributed by atoms with van der Waals surface area (Å²) in [4.78, 5) is 6.26. The maximum atomic E-state index is 12.9. The standard InChI is InChI=1S/C10H14FN3/c1-8-7-14(5-4-12-8)10-6-9(11)2-3-13-10/h2-3,6,8,12H,4-5,7H2,1H3/t8-/m0/s1. The van der Waals surface area contributed by atoms with Gasteiger partial charge in [-0.2, -0.15) is 0 Å². The molecule has 0 amide bonds. The molecule has 1 fully saturated rings. The van der Waals surface area contributed by atoms with E-state index in [4.69, 9.17) is 0 Å². The SMILES string of the molecule is C[C@H]1CN(c2cc(F)ccn2)CCN1. The number of nitrogens with one attached hydrogen (secondary N) is 1. The summed E-state index contributed by atoms with van der Waals surface area (Å²) in [7, 11) is 0. The maximum absolute atomic E-state index is 12.9. The lowest BCUT2D eigenvalue weighted by molar-refractivity contribution is 0.481. The van der Waals surface area contributed by atoms with Gasteiger partial charge in [-0.3, -0.25) is 0 Å². The minimum Gasteiger partial charge on any atom is -0.354 e. The van der Waals surface area contributed by atoms with Crippen LogP contribution >= 0.6 is 0 Å². The summed E-state index contributed by atoms with van der Waals surface area (Å²) in [6.45, 7) is 4.82. The second kappa shape index (κ2) is 3.92. The van der Waals surface area contributed by atoms with Gasteiger partial charge in [0.05, 0.1) is 0 Å². The molecule has 2 rings (SSSR count). The molecule has 1 aliphatic rings. The highest BCUT2D eigenvalue weighted by Crippen LogP contribution is 2.13. The van der Waals surface area contributed by atoms with Crippen LogP contribution in [0.5, 0.6) is 0 Å². The van der Waals surface area contributed by atoms with E-state index in [-0.39, 0.29) is 5.82 Å². The Kier molecular flexibility index (Phi) is 2.63. The first-order valence-corrected chi connectivity index (χ1v) is 4.85. The number of hydrogen-bond donors (Lipinski definition) is 1. The molecule has 0 bridgehead atoms. The molecule has 1 N–H and O–H groups in total. The van der Waals surface area contributed by atoms with Crippen molar-refractivity contribution in [1.82, 2.24) is 10.3 Å². The smallest absolute Gasteiger partial charge is 0.131 e. The molecule has 0 saturated carbocycles. The van der Waals surface area contributed by atoms with Crippen molar-refractivity contribution < 1.29 is 4.39 Å². The molecule has 1 aromatic heterocycles. The van der Waals surface area contributed by atoms with Crippen LogP contribution < -0.4 is 10.2 Å². The third-order valence-electron chi connectivity index (χ3n) is 2.40. The van der Waals surface area contributed by atoms with Crippen LogP contribution in [-0.4, -0.2) is 30.7 Å². The molecule has 3 nitrogen and oxygen atoms in total. The molecule has 0 radical (unpaired) electrons. The zero-order chi connectivity index (χ0) is 9.97. The van der Waals surface area contributed by atoms with Crippen molar-refractivity contribution in [1.29, 1.82) is 0 Å². The summed E-state index contributed by atoms with van der Waals surface area (Å²) in [6.07, 6.45) is 1.51. The Balaban J connectivity index is 2.14. The highest BCUT2D eigenvalue weighted by molar-refractivity contribution is 5.39. The van der Waals surface area contributed by atoms with Crippen LogP contribution in [0.2, 0.25) is 0 Å². The maximum Gasteiger partial charge on any atom is 0.131 e. The van der Waals surface area contributed by atoms with Crippen LogP contribution in [0.15, 0.2) is 18.3 Å². The van der Waals surface area contributed by atoms with Crippen LogP contribution in [0.25, 0.3) is 0 Å². The van der Waals surface area contributed by atoms with Gasteiger partial charge in [0.25, 0.3) is 0 Å². The van der Waals surface area contributed by atoms with Gasteiger partial charge in [0.1, 0.15) is 11.6 Å². The van der Waals surface area contributed by atoms with Gasteiger partial charge in [-0.1, -0.05) is 0 Å². The lowest BCUT2D eigenvalue weighted by atomic mass is 10.2. The lowest BCUT2D eigenvalue weighted by Gasteiger charge is -2.32. The van der Waals surface area contributed by atoms with Gasteiger partial charge < -0.3 is 10.2 Å².